The van der Waals surface area contributed by atoms with E-state index in [-0.39, 0.29) is 0 Å². The van der Waals surface area contributed by atoms with Crippen LogP contribution in [0.1, 0.15) is 25.0 Å². The Morgan fingerprint density at radius 2 is 1.94 bits per heavy atom. The first-order valence-electron chi connectivity index (χ1n) is 6.19. The maximum Gasteiger partial charge on any atom is 0.0240 e. The van der Waals surface area contributed by atoms with Crippen molar-refractivity contribution in [3.05, 3.63) is 35.4 Å². The Hall–Kier alpha value is -0.860. The monoisotopic (exact) mass is 218 g/mol. The average molecular weight is 218 g/mol. The van der Waals surface area contributed by atoms with Gasteiger partial charge in [0.1, 0.15) is 0 Å². The molecule has 0 spiro atoms. The summed E-state index contributed by atoms with van der Waals surface area (Å²) in [5.41, 5.74) is 2.79. The Morgan fingerprint density at radius 3 is 2.56 bits per heavy atom. The maximum absolute atomic E-state index is 3.47. The van der Waals surface area contributed by atoms with E-state index in [2.05, 4.69) is 55.3 Å². The molecular weight excluding hydrogens is 196 g/mol. The standard InChI is InChI=1S/C14H22N2/c1-11-5-4-6-14(7-11)10-16-12(2)8-15-9-13(16)3/h4-7,12-13,15H,8-10H2,1-3H3/t12-,13-/m1/s1. The lowest BCUT2D eigenvalue weighted by molar-refractivity contribution is 0.109. The summed E-state index contributed by atoms with van der Waals surface area (Å²) in [6.45, 7) is 10.1. The smallest absolute Gasteiger partial charge is 0.0240 e. The van der Waals surface area contributed by atoms with Crippen LogP contribution in [-0.4, -0.2) is 30.1 Å². The van der Waals surface area contributed by atoms with Crippen molar-refractivity contribution < 1.29 is 0 Å². The zero-order valence-corrected chi connectivity index (χ0v) is 10.5. The van der Waals surface area contributed by atoms with Crippen LogP contribution in [0.4, 0.5) is 0 Å². The van der Waals surface area contributed by atoms with Crippen LogP contribution in [-0.2, 0) is 6.54 Å². The van der Waals surface area contributed by atoms with Gasteiger partial charge in [0.15, 0.2) is 0 Å². The third-order valence-electron chi connectivity index (χ3n) is 3.46. The molecular formula is C14H22N2. The van der Waals surface area contributed by atoms with E-state index in [1.54, 1.807) is 0 Å². The summed E-state index contributed by atoms with van der Waals surface area (Å²) < 4.78 is 0. The topological polar surface area (TPSA) is 15.3 Å². The molecule has 16 heavy (non-hydrogen) atoms. The molecule has 0 aromatic heterocycles. The van der Waals surface area contributed by atoms with Gasteiger partial charge in [-0.15, -0.1) is 0 Å². The van der Waals surface area contributed by atoms with Crippen LogP contribution in [0, 0.1) is 6.92 Å². The second-order valence-corrected chi connectivity index (χ2v) is 5.02. The van der Waals surface area contributed by atoms with Crippen molar-refractivity contribution >= 4 is 0 Å². The lowest BCUT2D eigenvalue weighted by Gasteiger charge is -2.39. The van der Waals surface area contributed by atoms with E-state index in [0.29, 0.717) is 12.1 Å². The number of hydrogen-bond donors (Lipinski definition) is 1. The number of hydrogen-bond acceptors (Lipinski definition) is 2. The van der Waals surface area contributed by atoms with Crippen molar-refractivity contribution in [1.29, 1.82) is 0 Å². The summed E-state index contributed by atoms with van der Waals surface area (Å²) in [7, 11) is 0. The summed E-state index contributed by atoms with van der Waals surface area (Å²) in [4.78, 5) is 2.59. The van der Waals surface area contributed by atoms with Crippen molar-refractivity contribution in [1.82, 2.24) is 10.2 Å². The van der Waals surface area contributed by atoms with Crippen molar-refractivity contribution in [2.45, 2.75) is 39.4 Å². The molecule has 0 bridgehead atoms. The quantitative estimate of drug-likeness (QED) is 0.818. The molecule has 0 saturated carbocycles. The SMILES string of the molecule is Cc1cccc(CN2[C@H](C)CNC[C@H]2C)c1. The fourth-order valence-corrected chi connectivity index (χ4v) is 2.50. The highest BCUT2D eigenvalue weighted by Gasteiger charge is 2.23. The molecule has 1 heterocycles. The summed E-state index contributed by atoms with van der Waals surface area (Å²) in [6.07, 6.45) is 0. The lowest BCUT2D eigenvalue weighted by Crippen LogP contribution is -2.54. The Bertz CT molecular complexity index is 338. The molecule has 2 atom stereocenters. The fraction of sp³-hybridized carbons (Fsp3) is 0.571. The molecule has 1 fully saturated rings. The molecule has 88 valence electrons. The third kappa shape index (κ3) is 2.63. The van der Waals surface area contributed by atoms with Gasteiger partial charge in [0.25, 0.3) is 0 Å². The molecule has 2 rings (SSSR count). The first-order valence-corrected chi connectivity index (χ1v) is 6.19. The van der Waals surface area contributed by atoms with Crippen LogP contribution in [0.25, 0.3) is 0 Å². The Labute approximate surface area is 98.7 Å². The molecule has 1 aliphatic rings. The van der Waals surface area contributed by atoms with Gasteiger partial charge in [0, 0.05) is 31.7 Å². The van der Waals surface area contributed by atoms with Crippen LogP contribution in [0.3, 0.4) is 0 Å². The van der Waals surface area contributed by atoms with E-state index in [1.807, 2.05) is 0 Å². The summed E-state index contributed by atoms with van der Waals surface area (Å²) in [6, 6.07) is 10.1. The minimum Gasteiger partial charge on any atom is -0.314 e. The van der Waals surface area contributed by atoms with Crippen LogP contribution < -0.4 is 5.32 Å². The molecule has 0 unspecified atom stereocenters. The first kappa shape index (κ1) is 11.6. The molecule has 1 N–H and O–H groups in total. The average Bonchev–Trinajstić information content (AvgIpc) is 2.24. The Balaban J connectivity index is 2.07. The van der Waals surface area contributed by atoms with Crippen molar-refractivity contribution in [2.24, 2.45) is 0 Å². The fourth-order valence-electron chi connectivity index (χ4n) is 2.50. The number of rotatable bonds is 2. The van der Waals surface area contributed by atoms with Gasteiger partial charge in [-0.1, -0.05) is 29.8 Å². The number of piperazine rings is 1. The summed E-state index contributed by atoms with van der Waals surface area (Å²) in [5, 5.41) is 3.47. The predicted octanol–water partition coefficient (Wildman–Crippen LogP) is 2.18. The van der Waals surface area contributed by atoms with Crippen LogP contribution in [0.15, 0.2) is 24.3 Å². The molecule has 2 heteroatoms. The zero-order chi connectivity index (χ0) is 11.5. The minimum atomic E-state index is 0.629. The Morgan fingerprint density at radius 1 is 1.25 bits per heavy atom. The molecule has 1 aromatic carbocycles. The first-order chi connectivity index (χ1) is 7.66. The normalized spacial score (nSPS) is 26.9. The van der Waals surface area contributed by atoms with E-state index in [1.165, 1.54) is 11.1 Å². The molecule has 0 radical (unpaired) electrons. The van der Waals surface area contributed by atoms with E-state index < -0.39 is 0 Å². The summed E-state index contributed by atoms with van der Waals surface area (Å²) in [5.74, 6) is 0. The van der Waals surface area contributed by atoms with Crippen LogP contribution >= 0.6 is 0 Å². The molecule has 1 aliphatic heterocycles. The van der Waals surface area contributed by atoms with Crippen LogP contribution in [0.2, 0.25) is 0 Å². The molecule has 0 amide bonds. The minimum absolute atomic E-state index is 0.629. The molecule has 1 aromatic rings. The second kappa shape index (κ2) is 4.98. The predicted molar refractivity (Wildman–Crippen MR) is 68.5 cm³/mol. The van der Waals surface area contributed by atoms with E-state index in [0.717, 1.165) is 19.6 Å². The van der Waals surface area contributed by atoms with Gasteiger partial charge in [-0.05, 0) is 26.3 Å². The second-order valence-electron chi connectivity index (χ2n) is 5.02. The largest absolute Gasteiger partial charge is 0.314 e. The van der Waals surface area contributed by atoms with Gasteiger partial charge in [-0.2, -0.15) is 0 Å². The van der Waals surface area contributed by atoms with E-state index in [9.17, 15) is 0 Å². The van der Waals surface area contributed by atoms with Gasteiger partial charge < -0.3 is 5.32 Å². The van der Waals surface area contributed by atoms with Gasteiger partial charge >= 0.3 is 0 Å². The highest BCUT2D eigenvalue weighted by Crippen LogP contribution is 2.15. The summed E-state index contributed by atoms with van der Waals surface area (Å²) >= 11 is 0. The number of benzene rings is 1. The van der Waals surface area contributed by atoms with Crippen molar-refractivity contribution in [2.75, 3.05) is 13.1 Å². The maximum atomic E-state index is 3.47. The van der Waals surface area contributed by atoms with E-state index >= 15 is 0 Å². The highest BCUT2D eigenvalue weighted by atomic mass is 15.2. The van der Waals surface area contributed by atoms with Gasteiger partial charge in [-0.3, -0.25) is 4.90 Å². The number of aryl methyl sites for hydroxylation is 1. The van der Waals surface area contributed by atoms with Crippen LogP contribution in [0.5, 0.6) is 0 Å². The van der Waals surface area contributed by atoms with Crippen molar-refractivity contribution in [3.63, 3.8) is 0 Å². The van der Waals surface area contributed by atoms with E-state index in [4.69, 9.17) is 0 Å². The third-order valence-corrected chi connectivity index (χ3v) is 3.46. The highest BCUT2D eigenvalue weighted by molar-refractivity contribution is 5.22. The molecule has 1 saturated heterocycles. The Kier molecular flexibility index (Phi) is 3.62. The van der Waals surface area contributed by atoms with Gasteiger partial charge in [-0.25, -0.2) is 0 Å². The lowest BCUT2D eigenvalue weighted by atomic mass is 10.1. The zero-order valence-electron chi connectivity index (χ0n) is 10.5. The molecule has 0 aliphatic carbocycles. The number of nitrogens with zero attached hydrogens (tertiary/aromatic N) is 1. The number of nitrogens with one attached hydrogen (secondary N) is 1. The van der Waals surface area contributed by atoms with Crippen molar-refractivity contribution in [3.8, 4) is 0 Å². The molecule has 2 nitrogen and oxygen atoms in total. The van der Waals surface area contributed by atoms with Gasteiger partial charge in [0.05, 0.1) is 0 Å². The van der Waals surface area contributed by atoms with Gasteiger partial charge in [0.2, 0.25) is 0 Å².